The van der Waals surface area contributed by atoms with Gasteiger partial charge in [0.15, 0.2) is 12.6 Å². The second-order valence-corrected chi connectivity index (χ2v) is 23.1. The van der Waals surface area contributed by atoms with E-state index in [1.807, 2.05) is 26.8 Å². The van der Waals surface area contributed by atoms with E-state index in [9.17, 15) is 38.7 Å². The first-order valence-corrected chi connectivity index (χ1v) is 26.2. The van der Waals surface area contributed by atoms with E-state index >= 15 is 0 Å². The quantitative estimate of drug-likeness (QED) is 0.149. The molecule has 4 aliphatic heterocycles. The van der Waals surface area contributed by atoms with E-state index in [1.54, 1.807) is 66.7 Å². The summed E-state index contributed by atoms with van der Waals surface area (Å²) in [6, 6.07) is 5.22. The van der Waals surface area contributed by atoms with Crippen LogP contribution in [-0.4, -0.2) is 179 Å². The number of carbonyl (C=O) groups is 1. The van der Waals surface area contributed by atoms with Crippen molar-refractivity contribution >= 4 is 21.9 Å². The maximum Gasteiger partial charge on any atom is 0.311 e. The summed E-state index contributed by atoms with van der Waals surface area (Å²) < 4.78 is 70.2. The Morgan fingerprint density at radius 2 is 1.63 bits per heavy atom. The summed E-state index contributed by atoms with van der Waals surface area (Å²) in [6.45, 7) is 21.2. The minimum Gasteiger partial charge on any atom is -0.459 e. The van der Waals surface area contributed by atoms with Crippen LogP contribution in [0.4, 0.5) is 5.69 Å². The van der Waals surface area contributed by atoms with E-state index in [1.165, 1.54) is 21.1 Å². The summed E-state index contributed by atoms with van der Waals surface area (Å²) in [6.07, 6.45) is -6.88. The van der Waals surface area contributed by atoms with Crippen molar-refractivity contribution in [3.05, 3.63) is 29.8 Å². The smallest absolute Gasteiger partial charge is 0.311 e. The number of nitrogens with zero attached hydrogens (tertiary/aromatic N) is 2. The number of aliphatic hydroxyl groups is 5. The van der Waals surface area contributed by atoms with Crippen LogP contribution in [0, 0.1) is 24.7 Å². The molecule has 1 aromatic carbocycles. The SMILES string of the molecule is CC[C@H]1OC(=O)[C@H](C)[C@@H](O[C@H]2C[C@@](C)(OC)[C@](O)(CN3CCCCC3)[C@H](C)O2)[C@H](C)[C@@H](O[C@H]2O[C@@H](C)C[C@@H](N(C)S(=O)(=O)Nc3cccc(C)c3)[C@@H]2O)[C@](C)(O)C[C@@H](C)CN[C@H](C)[C@@H](O)[C@]1(C)O. The summed E-state index contributed by atoms with van der Waals surface area (Å²) in [5.74, 6) is -3.11. The Kier molecular flexibility index (Phi) is 19.0. The van der Waals surface area contributed by atoms with Gasteiger partial charge in [0.25, 0.3) is 0 Å². The number of carbonyl (C=O) groups excluding carboxylic acids is 1. The molecule has 19 heteroatoms. The number of benzene rings is 1. The topological polar surface area (TPSA) is 238 Å². The first kappa shape index (κ1) is 56.8. The molecule has 4 fully saturated rings. The second-order valence-electron chi connectivity index (χ2n) is 21.4. The van der Waals surface area contributed by atoms with Gasteiger partial charge in [0.05, 0.1) is 47.7 Å². The van der Waals surface area contributed by atoms with Crippen LogP contribution in [-0.2, 0) is 43.4 Å². The highest BCUT2D eigenvalue weighted by atomic mass is 32.2. The van der Waals surface area contributed by atoms with Gasteiger partial charge >= 0.3 is 16.2 Å². The molecule has 4 saturated heterocycles. The molecule has 0 spiro atoms. The number of esters is 1. The number of nitrogens with one attached hydrogen (secondary N) is 2. The first-order chi connectivity index (χ1) is 31.6. The summed E-state index contributed by atoms with van der Waals surface area (Å²) >= 11 is 0. The van der Waals surface area contributed by atoms with E-state index in [-0.39, 0.29) is 31.6 Å². The molecule has 0 unspecified atom stereocenters. The maximum atomic E-state index is 14.6. The van der Waals surface area contributed by atoms with E-state index in [0.29, 0.717) is 18.8 Å². The monoisotopic (exact) mass is 987 g/mol. The number of rotatable bonds is 12. The molecule has 4 aliphatic rings. The Morgan fingerprint density at radius 3 is 2.25 bits per heavy atom. The third kappa shape index (κ3) is 12.7. The largest absolute Gasteiger partial charge is 0.459 e. The van der Waals surface area contributed by atoms with Crippen molar-refractivity contribution < 1.29 is 67.2 Å². The number of hydrogen-bond acceptors (Lipinski definition) is 16. The Balaban J connectivity index is 1.55. The van der Waals surface area contributed by atoms with Gasteiger partial charge in [-0.2, -0.15) is 12.7 Å². The predicted molar refractivity (Wildman–Crippen MR) is 257 cm³/mol. The molecule has 7 N–H and O–H groups in total. The number of β-amino-alcohol motifs (C(OH)–C–C–N with tert-alkyl or cyclic N) is 1. The van der Waals surface area contributed by atoms with Gasteiger partial charge in [-0.3, -0.25) is 9.52 Å². The molecule has 18 nitrogen and oxygen atoms in total. The molecule has 5 rings (SSSR count). The highest BCUT2D eigenvalue weighted by Crippen LogP contribution is 2.44. The number of likely N-dealkylation sites (N-methyl/N-ethyl adjacent to an activating group) is 1. The van der Waals surface area contributed by atoms with Crippen LogP contribution in [0.25, 0.3) is 0 Å². The van der Waals surface area contributed by atoms with Crippen LogP contribution in [0.1, 0.15) is 120 Å². The summed E-state index contributed by atoms with van der Waals surface area (Å²) in [5, 5.41) is 64.0. The van der Waals surface area contributed by atoms with Crippen LogP contribution < -0.4 is 10.0 Å². The van der Waals surface area contributed by atoms with Crippen molar-refractivity contribution in [1.29, 1.82) is 0 Å². The maximum absolute atomic E-state index is 14.6. The first-order valence-electron chi connectivity index (χ1n) is 24.8. The molecule has 0 amide bonds. The number of hydrogen-bond donors (Lipinski definition) is 7. The number of aryl methyl sites for hydroxylation is 1. The van der Waals surface area contributed by atoms with Crippen LogP contribution in [0.5, 0.6) is 0 Å². The predicted octanol–water partition coefficient (Wildman–Crippen LogP) is 3.45. The molecular formula is C49H86N4O14S. The zero-order valence-electron chi connectivity index (χ0n) is 42.9. The highest BCUT2D eigenvalue weighted by molar-refractivity contribution is 7.90. The number of likely N-dealkylation sites (tertiary alicyclic amines) is 1. The lowest BCUT2D eigenvalue weighted by atomic mass is 9.74. The molecule has 392 valence electrons. The van der Waals surface area contributed by atoms with Gasteiger partial charge in [-0.1, -0.05) is 39.3 Å². The molecule has 0 radical (unpaired) electrons. The third-order valence-electron chi connectivity index (χ3n) is 15.6. The van der Waals surface area contributed by atoms with Gasteiger partial charge in [0, 0.05) is 39.1 Å². The molecule has 18 atom stereocenters. The molecule has 68 heavy (non-hydrogen) atoms. The summed E-state index contributed by atoms with van der Waals surface area (Å²) in [7, 11) is -1.30. The van der Waals surface area contributed by atoms with E-state index in [2.05, 4.69) is 14.9 Å². The van der Waals surface area contributed by atoms with Gasteiger partial charge in [0.1, 0.15) is 35.1 Å². The molecule has 1 aromatic rings. The van der Waals surface area contributed by atoms with Gasteiger partial charge in [-0.05, 0) is 131 Å². The van der Waals surface area contributed by atoms with Gasteiger partial charge in [-0.15, -0.1) is 0 Å². The number of cyclic esters (lactones) is 1. The fraction of sp³-hybridized carbons (Fsp3) is 0.857. The fourth-order valence-corrected chi connectivity index (χ4v) is 12.3. The average molecular weight is 987 g/mol. The molecule has 0 bridgehead atoms. The Labute approximate surface area is 405 Å². The standard InChI is InChI=1S/C49H86N4O14S/c1-14-38-48(11,58)42(55)34(7)50-27-30(3)25-46(9,57)43(67-45-40(54)37(24-31(4)63-45)52(12)68(60,61)51-36-20-18-19-29(2)23-36)32(5)41(33(6)44(56)65-38)66-39-26-47(10,62-13)49(59,35(8)64-39)28-53-21-16-15-17-22-53/h18-20,23,30-35,37-43,45,50-51,54-55,57-59H,14-17,21-22,24-28H2,1-13H3/t30-,31+,32+,33-,34-,35+,37-,38-,39+,40+,41+,42-,43-,45-,46-,47-,48-,49+/m1/s1. The zero-order chi connectivity index (χ0) is 50.7. The number of methoxy groups -OCH3 is 1. The van der Waals surface area contributed by atoms with Crippen LogP contribution in [0.15, 0.2) is 24.3 Å². The van der Waals surface area contributed by atoms with Gasteiger partial charge in [0.2, 0.25) is 0 Å². The number of anilines is 1. The third-order valence-corrected chi connectivity index (χ3v) is 17.1. The van der Waals surface area contributed by atoms with Crippen molar-refractivity contribution in [2.24, 2.45) is 17.8 Å². The van der Waals surface area contributed by atoms with E-state index < -0.39 is 118 Å². The molecular weight excluding hydrogens is 901 g/mol. The van der Waals surface area contributed by atoms with Crippen molar-refractivity contribution in [1.82, 2.24) is 14.5 Å². The van der Waals surface area contributed by atoms with Crippen molar-refractivity contribution in [3.63, 3.8) is 0 Å². The molecule has 0 aromatic heterocycles. The van der Waals surface area contributed by atoms with E-state index in [4.69, 9.17) is 28.4 Å². The van der Waals surface area contributed by atoms with Crippen LogP contribution in [0.2, 0.25) is 0 Å². The normalized spacial score (nSPS) is 43.3. The molecule has 4 heterocycles. The van der Waals surface area contributed by atoms with Crippen molar-refractivity contribution in [2.45, 2.75) is 211 Å². The molecule has 0 saturated carbocycles. The lowest BCUT2D eigenvalue weighted by Crippen LogP contribution is -2.70. The van der Waals surface area contributed by atoms with Crippen LogP contribution in [0.3, 0.4) is 0 Å². The van der Waals surface area contributed by atoms with Gasteiger partial charge < -0.3 is 64.2 Å². The number of piperidine rings is 1. The number of ether oxygens (including phenoxy) is 6. The lowest BCUT2D eigenvalue weighted by Gasteiger charge is -2.55. The minimum atomic E-state index is -4.21. The van der Waals surface area contributed by atoms with Crippen LogP contribution >= 0.6 is 0 Å². The fourth-order valence-electron chi connectivity index (χ4n) is 11.1. The van der Waals surface area contributed by atoms with E-state index in [0.717, 1.165) is 42.2 Å². The lowest BCUT2D eigenvalue weighted by molar-refractivity contribution is -0.339. The minimum absolute atomic E-state index is 0.0468. The molecule has 0 aliphatic carbocycles. The van der Waals surface area contributed by atoms with Crippen molar-refractivity contribution in [2.75, 3.05) is 45.1 Å². The Bertz CT molecular complexity index is 1910. The van der Waals surface area contributed by atoms with Gasteiger partial charge in [-0.25, -0.2) is 0 Å². The second kappa shape index (κ2) is 22.8. The average Bonchev–Trinajstić information content (AvgIpc) is 3.27. The Morgan fingerprint density at radius 1 is 0.971 bits per heavy atom. The Hall–Kier alpha value is -2.08. The summed E-state index contributed by atoms with van der Waals surface area (Å²) in [5.41, 5.74) is -5.05. The van der Waals surface area contributed by atoms with Crippen molar-refractivity contribution in [3.8, 4) is 0 Å². The number of aliphatic hydroxyl groups excluding tert-OH is 2. The summed E-state index contributed by atoms with van der Waals surface area (Å²) in [4.78, 5) is 16.8. The highest BCUT2D eigenvalue weighted by Gasteiger charge is 2.59. The zero-order valence-corrected chi connectivity index (χ0v) is 43.7.